The van der Waals surface area contributed by atoms with E-state index in [0.29, 0.717) is 5.41 Å². The molecule has 1 heterocycles. The van der Waals surface area contributed by atoms with Gasteiger partial charge in [0.1, 0.15) is 0 Å². The molecule has 0 aromatic rings. The summed E-state index contributed by atoms with van der Waals surface area (Å²) in [5.41, 5.74) is 13.0. The van der Waals surface area contributed by atoms with E-state index in [1.807, 2.05) is 32.9 Å². The van der Waals surface area contributed by atoms with Crippen LogP contribution in [0.3, 0.4) is 0 Å². The smallest absolute Gasteiger partial charge is 0.0987 e. The first-order valence-electron chi connectivity index (χ1n) is 6.76. The van der Waals surface area contributed by atoms with E-state index in [2.05, 4.69) is 4.90 Å². The van der Waals surface area contributed by atoms with Crippen LogP contribution in [0.1, 0.15) is 46.5 Å². The number of hydrogen-bond donors (Lipinski definition) is 2. The summed E-state index contributed by atoms with van der Waals surface area (Å²) in [4.78, 5) is 2.30. The van der Waals surface area contributed by atoms with E-state index in [1.54, 1.807) is 0 Å². The van der Waals surface area contributed by atoms with E-state index in [4.69, 9.17) is 11.5 Å². The Morgan fingerprint density at radius 1 is 1.12 bits per heavy atom. The van der Waals surface area contributed by atoms with Crippen LogP contribution in [0.25, 0.3) is 0 Å². The number of hydrogen-bond acceptors (Lipinski definition) is 3. The predicted molar refractivity (Wildman–Crippen MR) is 74.0 cm³/mol. The predicted octanol–water partition coefficient (Wildman–Crippen LogP) is 2.55. The maximum absolute atomic E-state index is 6.03. The van der Waals surface area contributed by atoms with Crippen LogP contribution < -0.4 is 11.5 Å². The number of rotatable bonds is 2. The number of nitrogens with two attached hydrogens (primary N) is 2. The molecule has 0 atom stereocenters. The lowest BCUT2D eigenvalue weighted by Gasteiger charge is -2.34. The zero-order chi connectivity index (χ0) is 12.9. The molecule has 1 aliphatic heterocycles. The van der Waals surface area contributed by atoms with Gasteiger partial charge in [0.2, 0.25) is 0 Å². The molecular formula is C14H27N3. The van der Waals surface area contributed by atoms with Crippen LogP contribution in [0.4, 0.5) is 0 Å². The maximum Gasteiger partial charge on any atom is 0.0987 e. The van der Waals surface area contributed by atoms with Gasteiger partial charge in [-0.3, -0.25) is 0 Å². The van der Waals surface area contributed by atoms with Gasteiger partial charge in [-0.05, 0) is 50.2 Å². The van der Waals surface area contributed by atoms with Crippen molar-refractivity contribution in [3.63, 3.8) is 0 Å². The lowest BCUT2D eigenvalue weighted by Crippen LogP contribution is -2.38. The topological polar surface area (TPSA) is 55.3 Å². The third-order valence-corrected chi connectivity index (χ3v) is 3.50. The van der Waals surface area contributed by atoms with Crippen LogP contribution in [0.15, 0.2) is 23.7 Å². The molecular weight excluding hydrogens is 210 g/mol. The SMILES string of the molecule is C/C(N)=C/C=C(\N)N1CCCC2(CC2)C1.CC. The Hall–Kier alpha value is -1.12. The Bertz CT molecular complexity index is 297. The molecule has 0 unspecified atom stereocenters. The first-order chi connectivity index (χ1) is 8.11. The standard InChI is InChI=1S/C12H21N3.C2H6/c1-10(13)3-4-11(14)15-8-2-5-12(9-15)6-7-12;1-2/h3-4H,2,5-9,13-14H2,1H3;1-2H3/b10-3-,11-4+;. The van der Waals surface area contributed by atoms with Gasteiger partial charge in [0.25, 0.3) is 0 Å². The van der Waals surface area contributed by atoms with Gasteiger partial charge in [0.05, 0.1) is 5.82 Å². The van der Waals surface area contributed by atoms with E-state index in [9.17, 15) is 0 Å². The second-order valence-corrected chi connectivity index (χ2v) is 5.03. The van der Waals surface area contributed by atoms with Crippen molar-refractivity contribution in [3.8, 4) is 0 Å². The highest BCUT2D eigenvalue weighted by molar-refractivity contribution is 5.14. The number of likely N-dealkylation sites (tertiary alicyclic amines) is 1. The van der Waals surface area contributed by atoms with Gasteiger partial charge < -0.3 is 16.4 Å². The Kier molecular flexibility index (Phi) is 4.91. The van der Waals surface area contributed by atoms with Gasteiger partial charge in [-0.2, -0.15) is 0 Å². The summed E-state index contributed by atoms with van der Waals surface area (Å²) in [5.74, 6) is 0.866. The molecule has 3 heteroatoms. The van der Waals surface area contributed by atoms with Gasteiger partial charge in [-0.1, -0.05) is 13.8 Å². The van der Waals surface area contributed by atoms with Crippen LogP contribution in [-0.4, -0.2) is 18.0 Å². The van der Waals surface area contributed by atoms with Gasteiger partial charge in [-0.15, -0.1) is 0 Å². The van der Waals surface area contributed by atoms with Crippen molar-refractivity contribution >= 4 is 0 Å². The molecule has 0 aromatic heterocycles. The molecule has 2 aliphatic rings. The van der Waals surface area contributed by atoms with Crippen molar-refractivity contribution < 1.29 is 0 Å². The molecule has 3 nitrogen and oxygen atoms in total. The maximum atomic E-state index is 6.03. The number of piperidine rings is 1. The van der Waals surface area contributed by atoms with Crippen molar-refractivity contribution in [3.05, 3.63) is 23.7 Å². The van der Waals surface area contributed by atoms with Crippen LogP contribution in [0.5, 0.6) is 0 Å². The van der Waals surface area contributed by atoms with Crippen molar-refractivity contribution in [2.75, 3.05) is 13.1 Å². The first kappa shape index (κ1) is 13.9. The highest BCUT2D eigenvalue weighted by Gasteiger charge is 2.45. The summed E-state index contributed by atoms with van der Waals surface area (Å²) in [5, 5.41) is 0. The van der Waals surface area contributed by atoms with Gasteiger partial charge in [0.15, 0.2) is 0 Å². The van der Waals surface area contributed by atoms with E-state index in [-0.39, 0.29) is 0 Å². The molecule has 0 amide bonds. The molecule has 2 rings (SSSR count). The van der Waals surface area contributed by atoms with Gasteiger partial charge >= 0.3 is 0 Å². The van der Waals surface area contributed by atoms with Gasteiger partial charge in [-0.25, -0.2) is 0 Å². The normalized spacial score (nSPS) is 23.1. The lowest BCUT2D eigenvalue weighted by molar-refractivity contribution is 0.200. The largest absolute Gasteiger partial charge is 0.402 e. The quantitative estimate of drug-likeness (QED) is 0.726. The first-order valence-corrected chi connectivity index (χ1v) is 6.76. The van der Waals surface area contributed by atoms with Crippen LogP contribution in [-0.2, 0) is 0 Å². The summed E-state index contributed by atoms with van der Waals surface area (Å²) < 4.78 is 0. The molecule has 0 radical (unpaired) electrons. The molecule has 17 heavy (non-hydrogen) atoms. The zero-order valence-corrected chi connectivity index (χ0v) is 11.5. The van der Waals surface area contributed by atoms with E-state index >= 15 is 0 Å². The molecule has 2 fully saturated rings. The monoisotopic (exact) mass is 237 g/mol. The van der Waals surface area contributed by atoms with E-state index in [1.165, 1.54) is 25.7 Å². The van der Waals surface area contributed by atoms with Crippen molar-refractivity contribution in [1.82, 2.24) is 4.90 Å². The average Bonchev–Trinajstić information content (AvgIpc) is 3.08. The molecule has 1 spiro atoms. The summed E-state index contributed by atoms with van der Waals surface area (Å²) in [6.07, 6.45) is 9.26. The summed E-state index contributed by atoms with van der Waals surface area (Å²) in [7, 11) is 0. The molecule has 1 aliphatic carbocycles. The number of allylic oxidation sites excluding steroid dienone is 3. The van der Waals surface area contributed by atoms with Crippen LogP contribution >= 0.6 is 0 Å². The molecule has 1 saturated carbocycles. The highest BCUT2D eigenvalue weighted by Crippen LogP contribution is 2.52. The summed E-state index contributed by atoms with van der Waals surface area (Å²) in [6, 6.07) is 0. The Morgan fingerprint density at radius 2 is 1.76 bits per heavy atom. The zero-order valence-electron chi connectivity index (χ0n) is 11.5. The minimum Gasteiger partial charge on any atom is -0.402 e. The molecule has 98 valence electrons. The molecule has 1 saturated heterocycles. The highest BCUT2D eigenvalue weighted by atomic mass is 15.2. The summed E-state index contributed by atoms with van der Waals surface area (Å²) in [6.45, 7) is 8.12. The molecule has 4 N–H and O–H groups in total. The minimum atomic E-state index is 0.623. The van der Waals surface area contributed by atoms with E-state index in [0.717, 1.165) is 24.6 Å². The average molecular weight is 237 g/mol. The fourth-order valence-electron chi connectivity index (χ4n) is 2.34. The van der Waals surface area contributed by atoms with Crippen LogP contribution in [0.2, 0.25) is 0 Å². The third-order valence-electron chi connectivity index (χ3n) is 3.50. The van der Waals surface area contributed by atoms with Gasteiger partial charge in [0, 0.05) is 18.8 Å². The Balaban J connectivity index is 0.000000686. The van der Waals surface area contributed by atoms with Crippen LogP contribution in [0, 0.1) is 5.41 Å². The lowest BCUT2D eigenvalue weighted by atomic mass is 9.95. The fraction of sp³-hybridized carbons (Fsp3) is 0.714. The van der Waals surface area contributed by atoms with Crippen molar-refractivity contribution in [2.45, 2.75) is 46.5 Å². The second-order valence-electron chi connectivity index (χ2n) is 5.03. The second kappa shape index (κ2) is 5.99. The Morgan fingerprint density at radius 3 is 2.29 bits per heavy atom. The summed E-state index contributed by atoms with van der Waals surface area (Å²) >= 11 is 0. The number of nitrogens with zero attached hydrogens (tertiary/aromatic N) is 1. The fourth-order valence-corrected chi connectivity index (χ4v) is 2.34. The third kappa shape index (κ3) is 3.99. The minimum absolute atomic E-state index is 0.623. The van der Waals surface area contributed by atoms with Crippen molar-refractivity contribution in [1.29, 1.82) is 0 Å². The molecule has 0 aromatic carbocycles. The Labute approximate surface area is 106 Å². The molecule has 0 bridgehead atoms. The van der Waals surface area contributed by atoms with Crippen molar-refractivity contribution in [2.24, 2.45) is 16.9 Å². The van der Waals surface area contributed by atoms with E-state index < -0.39 is 0 Å².